The second kappa shape index (κ2) is 2.92. The van der Waals surface area contributed by atoms with Crippen molar-refractivity contribution in [3.63, 3.8) is 0 Å². The van der Waals surface area contributed by atoms with E-state index < -0.39 is 0 Å². The van der Waals surface area contributed by atoms with Gasteiger partial charge in [0, 0.05) is 0 Å². The van der Waals surface area contributed by atoms with Crippen molar-refractivity contribution in [1.82, 2.24) is 14.4 Å². The van der Waals surface area contributed by atoms with Crippen LogP contribution in [0.25, 0.3) is 16.0 Å². The molecule has 3 heterocycles. The third-order valence-corrected chi connectivity index (χ3v) is 3.65. The van der Waals surface area contributed by atoms with Crippen LogP contribution in [0, 0.1) is 0 Å². The van der Waals surface area contributed by atoms with E-state index in [0.29, 0.717) is 10.8 Å². The van der Waals surface area contributed by atoms with Crippen molar-refractivity contribution in [3.8, 4) is 0 Å². The molecular formula is C8H3BrClN3S. The van der Waals surface area contributed by atoms with Crippen LogP contribution >= 0.6 is 38.9 Å². The predicted octanol–water partition coefficient (Wildman–Crippen LogP) is 3.36. The molecule has 0 radical (unpaired) electrons. The van der Waals surface area contributed by atoms with Gasteiger partial charge in [-0.3, -0.25) is 4.40 Å². The fourth-order valence-electron chi connectivity index (χ4n) is 1.37. The summed E-state index contributed by atoms with van der Waals surface area (Å²) in [6.07, 6.45) is 1.72. The molecule has 3 nitrogen and oxygen atoms in total. The van der Waals surface area contributed by atoms with Crippen LogP contribution in [0.1, 0.15) is 0 Å². The fraction of sp³-hybridized carbons (Fsp3) is 0. The highest BCUT2D eigenvalue weighted by Gasteiger charge is 2.11. The number of rotatable bonds is 0. The fourth-order valence-corrected chi connectivity index (χ4v) is 3.01. The maximum absolute atomic E-state index is 6.00. The van der Waals surface area contributed by atoms with Crippen LogP contribution < -0.4 is 0 Å². The molecule has 0 saturated carbocycles. The molecule has 14 heavy (non-hydrogen) atoms. The quantitative estimate of drug-likeness (QED) is 0.635. The first-order chi connectivity index (χ1) is 6.77. The molecule has 0 aliphatic carbocycles. The van der Waals surface area contributed by atoms with Crippen molar-refractivity contribution in [1.29, 1.82) is 0 Å². The van der Waals surface area contributed by atoms with E-state index in [-0.39, 0.29) is 0 Å². The molecule has 0 fully saturated rings. The maximum atomic E-state index is 6.00. The van der Waals surface area contributed by atoms with E-state index in [2.05, 4.69) is 25.9 Å². The molecule has 0 atom stereocenters. The van der Waals surface area contributed by atoms with Gasteiger partial charge in [-0.15, -0.1) is 11.3 Å². The predicted molar refractivity (Wildman–Crippen MR) is 61.1 cm³/mol. The highest BCUT2D eigenvalue weighted by molar-refractivity contribution is 9.10. The van der Waals surface area contributed by atoms with Gasteiger partial charge in [0.25, 0.3) is 0 Å². The first-order valence-electron chi connectivity index (χ1n) is 3.83. The molecule has 0 saturated heterocycles. The summed E-state index contributed by atoms with van der Waals surface area (Å²) in [5.41, 5.74) is 1.58. The van der Waals surface area contributed by atoms with Crippen LogP contribution in [0.5, 0.6) is 0 Å². The Bertz CT molecular complexity index is 630. The van der Waals surface area contributed by atoms with E-state index in [9.17, 15) is 0 Å². The van der Waals surface area contributed by atoms with E-state index in [1.54, 1.807) is 17.5 Å². The molecule has 3 aromatic rings. The van der Waals surface area contributed by atoms with Gasteiger partial charge in [-0.05, 0) is 27.4 Å². The molecule has 0 N–H and O–H groups in total. The number of nitrogens with zero attached hydrogens (tertiary/aromatic N) is 3. The minimum absolute atomic E-state index is 0.432. The van der Waals surface area contributed by atoms with Gasteiger partial charge >= 0.3 is 0 Å². The smallest absolute Gasteiger partial charge is 0.176 e. The highest BCUT2D eigenvalue weighted by Crippen LogP contribution is 2.27. The first kappa shape index (κ1) is 8.64. The number of aromatic nitrogens is 3. The summed E-state index contributed by atoms with van der Waals surface area (Å²) in [7, 11) is 0. The van der Waals surface area contributed by atoms with Crippen LogP contribution in [0.4, 0.5) is 0 Å². The van der Waals surface area contributed by atoms with Crippen molar-refractivity contribution in [2.24, 2.45) is 0 Å². The van der Waals surface area contributed by atoms with Gasteiger partial charge in [0.15, 0.2) is 10.8 Å². The summed E-state index contributed by atoms with van der Waals surface area (Å²) in [6.45, 7) is 0. The minimum atomic E-state index is 0.432. The average molecular weight is 289 g/mol. The van der Waals surface area contributed by atoms with E-state index in [4.69, 9.17) is 11.6 Å². The van der Waals surface area contributed by atoms with Crippen molar-refractivity contribution in [2.75, 3.05) is 0 Å². The Morgan fingerprint density at radius 3 is 3.21 bits per heavy atom. The number of thiophene rings is 1. The monoisotopic (exact) mass is 287 g/mol. The molecule has 3 aromatic heterocycles. The summed E-state index contributed by atoms with van der Waals surface area (Å²) in [4.78, 5) is 9.47. The van der Waals surface area contributed by atoms with Crippen molar-refractivity contribution < 1.29 is 0 Å². The Morgan fingerprint density at radius 1 is 1.50 bits per heavy atom. The van der Waals surface area contributed by atoms with Gasteiger partial charge in [0.05, 0.1) is 6.20 Å². The Balaban J connectivity index is 2.70. The summed E-state index contributed by atoms with van der Waals surface area (Å²) in [5.74, 6) is 0. The molecule has 70 valence electrons. The Hall–Kier alpha value is -0.650. The van der Waals surface area contributed by atoms with Crippen LogP contribution in [0.2, 0.25) is 5.15 Å². The largest absolute Gasteiger partial charge is 0.274 e. The van der Waals surface area contributed by atoms with Gasteiger partial charge in [0.1, 0.15) is 15.0 Å². The van der Waals surface area contributed by atoms with E-state index >= 15 is 0 Å². The van der Waals surface area contributed by atoms with Crippen molar-refractivity contribution in [3.05, 3.63) is 27.4 Å². The zero-order valence-electron chi connectivity index (χ0n) is 6.74. The maximum Gasteiger partial charge on any atom is 0.176 e. The van der Waals surface area contributed by atoms with Crippen LogP contribution in [-0.2, 0) is 0 Å². The van der Waals surface area contributed by atoms with Crippen molar-refractivity contribution >= 4 is 54.9 Å². The molecule has 0 aromatic carbocycles. The molecular weight excluding hydrogens is 286 g/mol. The lowest BCUT2D eigenvalue weighted by molar-refractivity contribution is 1.20. The van der Waals surface area contributed by atoms with Gasteiger partial charge in [-0.25, -0.2) is 9.97 Å². The lowest BCUT2D eigenvalue weighted by atomic mass is 10.5. The zero-order valence-corrected chi connectivity index (χ0v) is 9.90. The number of halogens is 2. The normalized spacial score (nSPS) is 11.6. The average Bonchev–Trinajstić information content (AvgIpc) is 2.71. The second-order valence-electron chi connectivity index (χ2n) is 2.75. The summed E-state index contributed by atoms with van der Waals surface area (Å²) >= 11 is 11.0. The third-order valence-electron chi connectivity index (χ3n) is 1.95. The van der Waals surface area contributed by atoms with E-state index in [1.165, 1.54) is 0 Å². The summed E-state index contributed by atoms with van der Waals surface area (Å²) < 4.78 is 2.85. The molecule has 0 aliphatic heterocycles. The molecule has 0 aliphatic rings. The topological polar surface area (TPSA) is 30.2 Å². The van der Waals surface area contributed by atoms with Crippen LogP contribution in [0.15, 0.2) is 22.2 Å². The molecule has 0 amide bonds. The Morgan fingerprint density at radius 2 is 2.36 bits per heavy atom. The minimum Gasteiger partial charge on any atom is -0.274 e. The molecule has 0 spiro atoms. The summed E-state index contributed by atoms with van der Waals surface area (Å²) in [5, 5.41) is 2.42. The van der Waals surface area contributed by atoms with Gasteiger partial charge < -0.3 is 0 Å². The number of fused-ring (bicyclic) bond motifs is 3. The number of imidazole rings is 1. The van der Waals surface area contributed by atoms with Gasteiger partial charge in [-0.2, -0.15) is 0 Å². The van der Waals surface area contributed by atoms with Gasteiger partial charge in [-0.1, -0.05) is 11.6 Å². The second-order valence-corrected chi connectivity index (χ2v) is 4.82. The highest BCUT2D eigenvalue weighted by atomic mass is 79.9. The number of hydrogen-bond acceptors (Lipinski definition) is 3. The van der Waals surface area contributed by atoms with E-state index in [1.807, 2.05) is 15.8 Å². The standard InChI is InChI=1S/C8H3BrClN3S/c9-5-3-11-7-6(10)12-4-1-2-14-8(4)13(5)7/h1-3H. The molecule has 0 unspecified atom stereocenters. The first-order valence-corrected chi connectivity index (χ1v) is 5.88. The lowest BCUT2D eigenvalue weighted by Gasteiger charge is -1.98. The third kappa shape index (κ3) is 1.03. The van der Waals surface area contributed by atoms with E-state index in [0.717, 1.165) is 15.0 Å². The van der Waals surface area contributed by atoms with Crippen LogP contribution in [-0.4, -0.2) is 14.4 Å². The van der Waals surface area contributed by atoms with Crippen LogP contribution in [0.3, 0.4) is 0 Å². The Kier molecular flexibility index (Phi) is 1.80. The SMILES string of the molecule is Clc1nc2ccsc2n2c(Br)cnc12. The molecule has 6 heteroatoms. The lowest BCUT2D eigenvalue weighted by Crippen LogP contribution is -1.89. The van der Waals surface area contributed by atoms with Gasteiger partial charge in [0.2, 0.25) is 0 Å². The summed E-state index contributed by atoms with van der Waals surface area (Å²) in [6, 6.07) is 1.94. The van der Waals surface area contributed by atoms with Crippen molar-refractivity contribution in [2.45, 2.75) is 0 Å². The molecule has 0 bridgehead atoms. The zero-order chi connectivity index (χ0) is 9.71. The number of hydrogen-bond donors (Lipinski definition) is 0. The molecule has 3 rings (SSSR count). The Labute approximate surface area is 96.5 Å².